The fraction of sp³-hybridized carbons (Fsp3) is 0.400. The summed E-state index contributed by atoms with van der Waals surface area (Å²) in [7, 11) is 0. The Balaban J connectivity index is 3.12. The minimum atomic E-state index is -2.97. The average molecular weight is 259 g/mol. The number of primary amides is 1. The summed E-state index contributed by atoms with van der Waals surface area (Å²) in [4.78, 5) is 29.1. The molecule has 0 aliphatic rings. The Morgan fingerprint density at radius 2 is 2.17 bits per heavy atom. The van der Waals surface area contributed by atoms with Gasteiger partial charge in [0.05, 0.1) is 13.0 Å². The van der Waals surface area contributed by atoms with Gasteiger partial charge in [0.25, 0.3) is 6.43 Å². The number of ether oxygens (including phenoxy) is 1. The standard InChI is InChI=1S/C10H11F2N3O3/c1-2-18-10(17)5-4-14-7(3-6(13)16)15-8(5)9(11)12/h4,9H,2-3H2,1H3,(H2,13,16). The van der Waals surface area contributed by atoms with Crippen LogP contribution in [0, 0.1) is 0 Å². The lowest BCUT2D eigenvalue weighted by Gasteiger charge is -2.08. The van der Waals surface area contributed by atoms with Crippen molar-refractivity contribution in [3.05, 3.63) is 23.3 Å². The molecule has 6 nitrogen and oxygen atoms in total. The lowest BCUT2D eigenvalue weighted by atomic mass is 10.2. The van der Waals surface area contributed by atoms with Crippen LogP contribution in [0.3, 0.4) is 0 Å². The first-order valence-corrected chi connectivity index (χ1v) is 5.05. The summed E-state index contributed by atoms with van der Waals surface area (Å²) in [5.41, 5.74) is 3.72. The van der Waals surface area contributed by atoms with Gasteiger partial charge in [-0.05, 0) is 6.92 Å². The summed E-state index contributed by atoms with van der Waals surface area (Å²) in [6, 6.07) is 0. The van der Waals surface area contributed by atoms with Crippen molar-refractivity contribution >= 4 is 11.9 Å². The maximum absolute atomic E-state index is 12.7. The summed E-state index contributed by atoms with van der Waals surface area (Å²) in [5, 5.41) is 0. The topological polar surface area (TPSA) is 95.2 Å². The molecule has 0 spiro atoms. The van der Waals surface area contributed by atoms with Gasteiger partial charge in [-0.15, -0.1) is 0 Å². The maximum Gasteiger partial charge on any atom is 0.341 e. The normalized spacial score (nSPS) is 10.4. The van der Waals surface area contributed by atoms with Crippen LogP contribution in [0.1, 0.15) is 35.2 Å². The van der Waals surface area contributed by atoms with Crippen LogP contribution in [0.4, 0.5) is 8.78 Å². The van der Waals surface area contributed by atoms with Crippen molar-refractivity contribution in [2.75, 3.05) is 6.61 Å². The fourth-order valence-electron chi connectivity index (χ4n) is 1.21. The van der Waals surface area contributed by atoms with Gasteiger partial charge in [0, 0.05) is 6.20 Å². The van der Waals surface area contributed by atoms with Gasteiger partial charge in [-0.25, -0.2) is 23.5 Å². The lowest BCUT2D eigenvalue weighted by Crippen LogP contribution is -2.18. The van der Waals surface area contributed by atoms with Crippen LogP contribution in [-0.4, -0.2) is 28.5 Å². The molecule has 1 aromatic heterocycles. The van der Waals surface area contributed by atoms with E-state index in [2.05, 4.69) is 14.7 Å². The van der Waals surface area contributed by atoms with Gasteiger partial charge >= 0.3 is 5.97 Å². The van der Waals surface area contributed by atoms with Crippen molar-refractivity contribution < 1.29 is 23.1 Å². The van der Waals surface area contributed by atoms with E-state index < -0.39 is 29.6 Å². The quantitative estimate of drug-likeness (QED) is 0.782. The molecular formula is C10H11F2N3O3. The highest BCUT2D eigenvalue weighted by Gasteiger charge is 2.22. The SMILES string of the molecule is CCOC(=O)c1cnc(CC(N)=O)nc1C(F)F. The third-order valence-corrected chi connectivity index (χ3v) is 1.90. The molecule has 0 aliphatic heterocycles. The Kier molecular flexibility index (Phi) is 4.64. The summed E-state index contributed by atoms with van der Waals surface area (Å²) in [6.45, 7) is 1.59. The van der Waals surface area contributed by atoms with Crippen LogP contribution < -0.4 is 5.73 Å². The number of hydrogen-bond donors (Lipinski definition) is 1. The molecule has 1 amide bonds. The molecule has 0 radical (unpaired) electrons. The van der Waals surface area contributed by atoms with Crippen molar-refractivity contribution in [1.82, 2.24) is 9.97 Å². The number of nitrogens with two attached hydrogens (primary N) is 1. The van der Waals surface area contributed by atoms with E-state index in [1.165, 1.54) is 0 Å². The third kappa shape index (κ3) is 3.44. The van der Waals surface area contributed by atoms with E-state index in [1.807, 2.05) is 0 Å². The molecule has 18 heavy (non-hydrogen) atoms. The van der Waals surface area contributed by atoms with Crippen molar-refractivity contribution in [1.29, 1.82) is 0 Å². The second kappa shape index (κ2) is 5.99. The molecule has 2 N–H and O–H groups in total. The second-order valence-corrected chi connectivity index (χ2v) is 3.25. The van der Waals surface area contributed by atoms with Crippen molar-refractivity contribution in [2.45, 2.75) is 19.8 Å². The zero-order valence-electron chi connectivity index (χ0n) is 9.52. The first-order valence-electron chi connectivity index (χ1n) is 5.05. The zero-order chi connectivity index (χ0) is 13.7. The Morgan fingerprint density at radius 3 is 2.67 bits per heavy atom. The summed E-state index contributed by atoms with van der Waals surface area (Å²) < 4.78 is 30.1. The number of esters is 1. The second-order valence-electron chi connectivity index (χ2n) is 3.25. The monoisotopic (exact) mass is 259 g/mol. The molecule has 0 atom stereocenters. The van der Waals surface area contributed by atoms with Crippen molar-refractivity contribution in [3.63, 3.8) is 0 Å². The van der Waals surface area contributed by atoms with E-state index in [4.69, 9.17) is 5.73 Å². The van der Waals surface area contributed by atoms with Gasteiger partial charge in [0.1, 0.15) is 17.1 Å². The number of nitrogens with zero attached hydrogens (tertiary/aromatic N) is 2. The highest BCUT2D eigenvalue weighted by atomic mass is 19.3. The molecule has 0 unspecified atom stereocenters. The van der Waals surface area contributed by atoms with Crippen molar-refractivity contribution in [3.8, 4) is 0 Å². The highest BCUT2D eigenvalue weighted by Crippen LogP contribution is 2.21. The number of carbonyl (C=O) groups is 2. The number of carbonyl (C=O) groups excluding carboxylic acids is 2. The van der Waals surface area contributed by atoms with Crippen LogP contribution >= 0.6 is 0 Å². The Bertz CT molecular complexity index is 466. The number of hydrogen-bond acceptors (Lipinski definition) is 5. The molecule has 0 fully saturated rings. The molecule has 1 rings (SSSR count). The van der Waals surface area contributed by atoms with Crippen LogP contribution in [0.2, 0.25) is 0 Å². The predicted molar refractivity (Wildman–Crippen MR) is 55.8 cm³/mol. The van der Waals surface area contributed by atoms with Gasteiger partial charge in [0.15, 0.2) is 0 Å². The van der Waals surface area contributed by atoms with Gasteiger partial charge in [-0.3, -0.25) is 4.79 Å². The van der Waals surface area contributed by atoms with Gasteiger partial charge in [-0.2, -0.15) is 0 Å². The lowest BCUT2D eigenvalue weighted by molar-refractivity contribution is -0.117. The number of amides is 1. The van der Waals surface area contributed by atoms with Crippen LogP contribution in [0.25, 0.3) is 0 Å². The molecule has 0 bridgehead atoms. The van der Waals surface area contributed by atoms with Crippen molar-refractivity contribution in [2.24, 2.45) is 5.73 Å². The summed E-state index contributed by atoms with van der Waals surface area (Å²) >= 11 is 0. The molecule has 0 aliphatic carbocycles. The Morgan fingerprint density at radius 1 is 1.50 bits per heavy atom. The minimum absolute atomic E-state index is 0.0462. The smallest absolute Gasteiger partial charge is 0.341 e. The molecule has 0 saturated carbocycles. The number of alkyl halides is 2. The van der Waals surface area contributed by atoms with E-state index in [0.717, 1.165) is 6.20 Å². The van der Waals surface area contributed by atoms with Crippen LogP contribution in [0.5, 0.6) is 0 Å². The first kappa shape index (κ1) is 13.9. The van der Waals surface area contributed by atoms with Gasteiger partial charge in [-0.1, -0.05) is 0 Å². The van der Waals surface area contributed by atoms with Crippen LogP contribution in [0.15, 0.2) is 6.20 Å². The number of aromatic nitrogens is 2. The first-order chi connectivity index (χ1) is 8.45. The summed E-state index contributed by atoms with van der Waals surface area (Å²) in [5.74, 6) is -1.84. The number of halogens is 2. The highest BCUT2D eigenvalue weighted by molar-refractivity contribution is 5.90. The van der Waals surface area contributed by atoms with E-state index in [1.54, 1.807) is 6.92 Å². The largest absolute Gasteiger partial charge is 0.462 e. The minimum Gasteiger partial charge on any atom is -0.462 e. The molecular weight excluding hydrogens is 248 g/mol. The zero-order valence-corrected chi connectivity index (χ0v) is 9.52. The van der Waals surface area contributed by atoms with Gasteiger partial charge < -0.3 is 10.5 Å². The third-order valence-electron chi connectivity index (χ3n) is 1.90. The molecule has 98 valence electrons. The van der Waals surface area contributed by atoms with Crippen LogP contribution in [-0.2, 0) is 16.0 Å². The maximum atomic E-state index is 12.7. The van der Waals surface area contributed by atoms with E-state index in [-0.39, 0.29) is 18.9 Å². The van der Waals surface area contributed by atoms with E-state index in [0.29, 0.717) is 0 Å². The molecule has 0 aromatic carbocycles. The Hall–Kier alpha value is -2.12. The van der Waals surface area contributed by atoms with Gasteiger partial charge in [0.2, 0.25) is 5.91 Å². The fourth-order valence-corrected chi connectivity index (χ4v) is 1.21. The van der Waals surface area contributed by atoms with E-state index in [9.17, 15) is 18.4 Å². The number of rotatable bonds is 5. The molecule has 1 aromatic rings. The molecule has 8 heteroatoms. The van der Waals surface area contributed by atoms with E-state index >= 15 is 0 Å². The Labute approximate surface area is 101 Å². The molecule has 1 heterocycles. The molecule has 0 saturated heterocycles. The predicted octanol–water partition coefficient (Wildman–Crippen LogP) is 0.619. The summed E-state index contributed by atoms with van der Waals surface area (Å²) in [6.07, 6.45) is -2.44. The average Bonchev–Trinajstić information content (AvgIpc) is 2.28.